The van der Waals surface area contributed by atoms with Gasteiger partial charge in [-0.2, -0.15) is 0 Å². The second-order valence-corrected chi connectivity index (χ2v) is 7.54. The molecule has 1 unspecified atom stereocenters. The molecule has 5 nitrogen and oxygen atoms in total. The molecule has 0 heterocycles. The van der Waals surface area contributed by atoms with E-state index in [9.17, 15) is 13.2 Å². The lowest BCUT2D eigenvalue weighted by atomic mass is 10.2. The van der Waals surface area contributed by atoms with Crippen LogP contribution in [0.5, 0.6) is 0 Å². The zero-order valence-electron chi connectivity index (χ0n) is 12.2. The summed E-state index contributed by atoms with van der Waals surface area (Å²) in [5.74, 6) is -0.523. The number of benzene rings is 1. The van der Waals surface area contributed by atoms with Gasteiger partial charge in [-0.1, -0.05) is 31.4 Å². The molecule has 0 saturated heterocycles. The Labute approximate surface area is 130 Å². The average molecular weight is 333 g/mol. The molecule has 1 aromatic rings. The smallest absolute Gasteiger partial charge is 0.238 e. The molecule has 1 atom stereocenters. The number of carbonyl (C=O) groups excluding carboxylic acids is 1. The quantitative estimate of drug-likeness (QED) is 0.592. The van der Waals surface area contributed by atoms with Gasteiger partial charge in [-0.25, -0.2) is 8.42 Å². The van der Waals surface area contributed by atoms with Crippen molar-refractivity contribution in [3.8, 4) is 0 Å². The van der Waals surface area contributed by atoms with Crippen LogP contribution in [-0.2, 0) is 14.6 Å². The van der Waals surface area contributed by atoms with Crippen LogP contribution in [0.4, 0.5) is 5.69 Å². The second kappa shape index (κ2) is 7.66. The Kier molecular flexibility index (Phi) is 6.48. The van der Waals surface area contributed by atoms with Gasteiger partial charge in [0.1, 0.15) is 5.25 Å². The first-order valence-electron chi connectivity index (χ1n) is 6.87. The van der Waals surface area contributed by atoms with E-state index >= 15 is 0 Å². The Hall–Kier alpha value is -1.27. The summed E-state index contributed by atoms with van der Waals surface area (Å²) in [4.78, 5) is 11.9. The number of unbranched alkanes of at least 4 members (excludes halogenated alkanes) is 2. The largest absolute Gasteiger partial charge is 0.398 e. The molecule has 7 heteroatoms. The summed E-state index contributed by atoms with van der Waals surface area (Å²) in [6.07, 6.45) is 2.85. The number of amides is 1. The summed E-state index contributed by atoms with van der Waals surface area (Å²) in [5.41, 5.74) is 5.77. The third kappa shape index (κ3) is 4.61. The van der Waals surface area contributed by atoms with Crippen LogP contribution in [0.25, 0.3) is 0 Å². The maximum Gasteiger partial charge on any atom is 0.238 e. The molecular weight excluding hydrogens is 312 g/mol. The van der Waals surface area contributed by atoms with Gasteiger partial charge in [-0.15, -0.1) is 0 Å². The van der Waals surface area contributed by atoms with E-state index < -0.39 is 21.0 Å². The van der Waals surface area contributed by atoms with Crippen LogP contribution in [0.15, 0.2) is 23.1 Å². The lowest BCUT2D eigenvalue weighted by Crippen LogP contribution is -2.38. The number of halogens is 1. The monoisotopic (exact) mass is 332 g/mol. The van der Waals surface area contributed by atoms with E-state index in [2.05, 4.69) is 12.2 Å². The summed E-state index contributed by atoms with van der Waals surface area (Å²) < 4.78 is 24.9. The van der Waals surface area contributed by atoms with Crippen molar-refractivity contribution in [3.05, 3.63) is 23.2 Å². The van der Waals surface area contributed by atoms with E-state index in [1.165, 1.54) is 25.1 Å². The molecule has 0 aliphatic rings. The fourth-order valence-corrected chi connectivity index (χ4v) is 3.49. The fourth-order valence-electron chi connectivity index (χ4n) is 1.82. The highest BCUT2D eigenvalue weighted by molar-refractivity contribution is 7.93. The minimum absolute atomic E-state index is 0.0880. The van der Waals surface area contributed by atoms with Crippen LogP contribution in [0.1, 0.15) is 33.1 Å². The molecule has 0 bridgehead atoms. The standard InChI is InChI=1S/C14H21ClN2O3S/c1-3-4-5-8-17-14(18)10(2)21(19,20)13-9-11(15)6-7-12(13)16/h6-7,9-10H,3-5,8,16H2,1-2H3,(H,17,18). The van der Waals surface area contributed by atoms with Crippen molar-refractivity contribution in [2.75, 3.05) is 12.3 Å². The van der Waals surface area contributed by atoms with Crippen molar-refractivity contribution < 1.29 is 13.2 Å². The Morgan fingerprint density at radius 2 is 2.05 bits per heavy atom. The third-order valence-corrected chi connectivity index (χ3v) is 5.54. The van der Waals surface area contributed by atoms with Gasteiger partial charge in [-0.05, 0) is 31.5 Å². The fraction of sp³-hybridized carbons (Fsp3) is 0.500. The summed E-state index contributed by atoms with van der Waals surface area (Å²) in [6.45, 7) is 3.87. The van der Waals surface area contributed by atoms with Crippen LogP contribution >= 0.6 is 11.6 Å². The summed E-state index contributed by atoms with van der Waals surface area (Å²) in [6, 6.07) is 4.19. The average Bonchev–Trinajstić information content (AvgIpc) is 2.45. The highest BCUT2D eigenvalue weighted by Crippen LogP contribution is 2.26. The highest BCUT2D eigenvalue weighted by Gasteiger charge is 2.31. The number of hydrogen-bond donors (Lipinski definition) is 2. The van der Waals surface area contributed by atoms with Crippen LogP contribution in [0, 0.1) is 0 Å². The van der Waals surface area contributed by atoms with Crippen LogP contribution in [0.3, 0.4) is 0 Å². The van der Waals surface area contributed by atoms with Gasteiger partial charge in [0, 0.05) is 11.6 Å². The van der Waals surface area contributed by atoms with Gasteiger partial charge in [-0.3, -0.25) is 4.79 Å². The first-order chi connectivity index (χ1) is 9.80. The van der Waals surface area contributed by atoms with Crippen molar-refractivity contribution in [1.82, 2.24) is 5.32 Å². The number of rotatable bonds is 7. The van der Waals surface area contributed by atoms with Crippen molar-refractivity contribution in [2.24, 2.45) is 0 Å². The number of nitrogens with two attached hydrogens (primary N) is 1. The van der Waals surface area contributed by atoms with E-state index in [1.807, 2.05) is 0 Å². The molecule has 0 saturated carbocycles. The second-order valence-electron chi connectivity index (χ2n) is 4.87. The molecule has 21 heavy (non-hydrogen) atoms. The number of nitrogens with one attached hydrogen (secondary N) is 1. The molecule has 1 aromatic carbocycles. The molecule has 0 spiro atoms. The lowest BCUT2D eigenvalue weighted by molar-refractivity contribution is -0.120. The molecule has 1 rings (SSSR count). The number of hydrogen-bond acceptors (Lipinski definition) is 4. The van der Waals surface area contributed by atoms with E-state index in [4.69, 9.17) is 17.3 Å². The summed E-state index contributed by atoms with van der Waals surface area (Å²) in [5, 5.41) is 1.69. The van der Waals surface area contributed by atoms with Gasteiger partial charge >= 0.3 is 0 Å². The van der Waals surface area contributed by atoms with Gasteiger partial charge in [0.2, 0.25) is 5.91 Å². The first kappa shape index (κ1) is 17.8. The Morgan fingerprint density at radius 3 is 2.67 bits per heavy atom. The predicted octanol–water partition coefficient (Wildman–Crippen LogP) is 2.39. The van der Waals surface area contributed by atoms with Crippen molar-refractivity contribution in [3.63, 3.8) is 0 Å². The predicted molar refractivity (Wildman–Crippen MR) is 85.0 cm³/mol. The molecule has 0 aromatic heterocycles. The van der Waals surface area contributed by atoms with E-state index in [0.29, 0.717) is 6.54 Å². The van der Waals surface area contributed by atoms with Gasteiger partial charge < -0.3 is 11.1 Å². The zero-order valence-corrected chi connectivity index (χ0v) is 13.8. The normalized spacial score (nSPS) is 12.9. The molecule has 0 fully saturated rings. The SMILES string of the molecule is CCCCCNC(=O)C(C)S(=O)(=O)c1cc(Cl)ccc1N. The molecule has 1 amide bonds. The Bertz CT molecular complexity index is 602. The van der Waals surface area contributed by atoms with E-state index in [-0.39, 0.29) is 15.6 Å². The topological polar surface area (TPSA) is 89.3 Å². The third-order valence-electron chi connectivity index (χ3n) is 3.20. The van der Waals surface area contributed by atoms with Crippen LogP contribution in [0.2, 0.25) is 5.02 Å². The highest BCUT2D eigenvalue weighted by atomic mass is 35.5. The molecule has 0 aliphatic heterocycles. The molecular formula is C14H21ClN2O3S. The van der Waals surface area contributed by atoms with Gasteiger partial charge in [0.15, 0.2) is 9.84 Å². The first-order valence-corrected chi connectivity index (χ1v) is 8.79. The summed E-state index contributed by atoms with van der Waals surface area (Å²) >= 11 is 5.80. The van der Waals surface area contributed by atoms with Gasteiger partial charge in [0.25, 0.3) is 0 Å². The van der Waals surface area contributed by atoms with E-state index in [0.717, 1.165) is 19.3 Å². The van der Waals surface area contributed by atoms with Crippen molar-refractivity contribution >= 4 is 33.0 Å². The van der Waals surface area contributed by atoms with Crippen molar-refractivity contribution in [1.29, 1.82) is 0 Å². The molecule has 3 N–H and O–H groups in total. The minimum Gasteiger partial charge on any atom is -0.398 e. The number of sulfone groups is 1. The van der Waals surface area contributed by atoms with E-state index in [1.54, 1.807) is 0 Å². The van der Waals surface area contributed by atoms with Crippen molar-refractivity contribution in [2.45, 2.75) is 43.3 Å². The number of carbonyl (C=O) groups is 1. The zero-order chi connectivity index (χ0) is 16.0. The van der Waals surface area contributed by atoms with Crippen LogP contribution < -0.4 is 11.1 Å². The Balaban J connectivity index is 2.86. The van der Waals surface area contributed by atoms with Crippen LogP contribution in [-0.4, -0.2) is 26.1 Å². The maximum atomic E-state index is 12.4. The molecule has 0 radical (unpaired) electrons. The molecule has 118 valence electrons. The van der Waals surface area contributed by atoms with Gasteiger partial charge in [0.05, 0.1) is 10.6 Å². The maximum absolute atomic E-state index is 12.4. The Morgan fingerprint density at radius 1 is 1.38 bits per heavy atom. The summed E-state index contributed by atoms with van der Waals surface area (Å²) in [7, 11) is -3.86. The minimum atomic E-state index is -3.86. The number of nitrogen functional groups attached to an aromatic ring is 1. The lowest BCUT2D eigenvalue weighted by Gasteiger charge is -2.15. The molecule has 0 aliphatic carbocycles. The number of anilines is 1.